The summed E-state index contributed by atoms with van der Waals surface area (Å²) in [5.74, 6) is 0.0107. The zero-order valence-corrected chi connectivity index (χ0v) is 13.4. The van der Waals surface area contributed by atoms with Gasteiger partial charge in [-0.15, -0.1) is 0 Å². The average molecular weight is 270 g/mol. The second-order valence-corrected chi connectivity index (χ2v) is 5.53. The fourth-order valence-electron chi connectivity index (χ4n) is 2.25. The van der Waals surface area contributed by atoms with Gasteiger partial charge in [-0.25, -0.2) is 0 Å². The molecule has 0 aromatic rings. The number of unbranched alkanes of at least 4 members (excludes halogenated alkanes) is 7. The lowest BCUT2D eigenvalue weighted by molar-refractivity contribution is -0.149. The van der Waals surface area contributed by atoms with Crippen LogP contribution in [0.5, 0.6) is 0 Å². The molecular formula is C17H34O2. The van der Waals surface area contributed by atoms with Crippen molar-refractivity contribution in [2.75, 3.05) is 0 Å². The Morgan fingerprint density at radius 3 is 2.00 bits per heavy atom. The second kappa shape index (κ2) is 13.9. The van der Waals surface area contributed by atoms with E-state index in [1.807, 2.05) is 0 Å². The smallest absolute Gasteiger partial charge is 0.306 e. The number of esters is 1. The minimum Gasteiger partial charge on any atom is -0.462 e. The summed E-state index contributed by atoms with van der Waals surface area (Å²) in [5, 5.41) is 0. The van der Waals surface area contributed by atoms with Crippen LogP contribution in [0.15, 0.2) is 0 Å². The first kappa shape index (κ1) is 18.5. The van der Waals surface area contributed by atoms with Gasteiger partial charge in [0, 0.05) is 6.42 Å². The number of carbonyl (C=O) groups is 1. The molecule has 0 spiro atoms. The van der Waals surface area contributed by atoms with Crippen LogP contribution in [0.1, 0.15) is 97.8 Å². The second-order valence-electron chi connectivity index (χ2n) is 5.53. The monoisotopic (exact) mass is 270 g/mol. The van der Waals surface area contributed by atoms with Crippen LogP contribution in [-0.4, -0.2) is 12.1 Å². The molecule has 0 saturated carbocycles. The fraction of sp³-hybridized carbons (Fsp3) is 0.941. The summed E-state index contributed by atoms with van der Waals surface area (Å²) in [7, 11) is 0. The lowest BCUT2D eigenvalue weighted by Gasteiger charge is -2.15. The topological polar surface area (TPSA) is 26.3 Å². The Kier molecular flexibility index (Phi) is 13.5. The molecule has 0 radical (unpaired) electrons. The van der Waals surface area contributed by atoms with Crippen molar-refractivity contribution >= 4 is 5.97 Å². The Bertz CT molecular complexity index is 201. The van der Waals surface area contributed by atoms with E-state index in [0.29, 0.717) is 6.42 Å². The molecular weight excluding hydrogens is 236 g/mol. The summed E-state index contributed by atoms with van der Waals surface area (Å²) < 4.78 is 5.51. The van der Waals surface area contributed by atoms with Crippen molar-refractivity contribution in [2.24, 2.45) is 0 Å². The van der Waals surface area contributed by atoms with Crippen molar-refractivity contribution in [3.05, 3.63) is 0 Å². The van der Waals surface area contributed by atoms with Crippen LogP contribution in [0.2, 0.25) is 0 Å². The maximum Gasteiger partial charge on any atom is 0.306 e. The summed E-state index contributed by atoms with van der Waals surface area (Å²) in [6.07, 6.45) is 13.8. The maximum absolute atomic E-state index is 11.7. The van der Waals surface area contributed by atoms with Crippen LogP contribution in [0, 0.1) is 0 Å². The van der Waals surface area contributed by atoms with Gasteiger partial charge in [-0.3, -0.25) is 4.79 Å². The van der Waals surface area contributed by atoms with Crippen LogP contribution in [0.25, 0.3) is 0 Å². The third-order valence-corrected chi connectivity index (χ3v) is 3.62. The molecule has 19 heavy (non-hydrogen) atoms. The average Bonchev–Trinajstić information content (AvgIpc) is 2.42. The van der Waals surface area contributed by atoms with Crippen LogP contribution in [0.4, 0.5) is 0 Å². The molecule has 0 aliphatic rings. The van der Waals surface area contributed by atoms with Gasteiger partial charge in [0.05, 0.1) is 0 Å². The molecule has 0 saturated heterocycles. The van der Waals surface area contributed by atoms with E-state index in [1.165, 1.54) is 44.9 Å². The molecule has 0 aliphatic carbocycles. The molecule has 0 fully saturated rings. The van der Waals surface area contributed by atoms with E-state index in [0.717, 1.165) is 25.7 Å². The zero-order valence-electron chi connectivity index (χ0n) is 13.4. The van der Waals surface area contributed by atoms with Gasteiger partial charge in [0.1, 0.15) is 6.10 Å². The van der Waals surface area contributed by atoms with Crippen LogP contribution >= 0.6 is 0 Å². The fourth-order valence-corrected chi connectivity index (χ4v) is 2.25. The van der Waals surface area contributed by atoms with Gasteiger partial charge >= 0.3 is 5.97 Å². The first-order valence-corrected chi connectivity index (χ1v) is 8.44. The molecule has 0 aliphatic heterocycles. The van der Waals surface area contributed by atoms with Crippen LogP contribution in [0.3, 0.4) is 0 Å². The molecule has 2 nitrogen and oxygen atoms in total. The van der Waals surface area contributed by atoms with Crippen LogP contribution in [-0.2, 0) is 9.53 Å². The number of ether oxygens (including phenoxy) is 1. The largest absolute Gasteiger partial charge is 0.462 e. The molecule has 0 rings (SSSR count). The molecule has 0 bridgehead atoms. The highest BCUT2D eigenvalue weighted by Gasteiger charge is 2.11. The number of carbonyl (C=O) groups excluding carboxylic acids is 1. The van der Waals surface area contributed by atoms with Crippen molar-refractivity contribution < 1.29 is 9.53 Å². The highest BCUT2D eigenvalue weighted by Crippen LogP contribution is 2.12. The molecule has 1 unspecified atom stereocenters. The number of hydrogen-bond acceptors (Lipinski definition) is 2. The molecule has 0 heterocycles. The van der Waals surface area contributed by atoms with Gasteiger partial charge in [0.25, 0.3) is 0 Å². The maximum atomic E-state index is 11.7. The van der Waals surface area contributed by atoms with Gasteiger partial charge < -0.3 is 4.74 Å². The van der Waals surface area contributed by atoms with E-state index < -0.39 is 0 Å². The van der Waals surface area contributed by atoms with Crippen molar-refractivity contribution in [3.63, 3.8) is 0 Å². The molecule has 114 valence electrons. The van der Waals surface area contributed by atoms with E-state index >= 15 is 0 Å². The first-order valence-electron chi connectivity index (χ1n) is 8.44. The SMILES string of the molecule is CCCCCCCCCC(=O)OC(CC)CCCC. The lowest BCUT2D eigenvalue weighted by Crippen LogP contribution is -2.17. The zero-order chi connectivity index (χ0) is 14.3. The summed E-state index contributed by atoms with van der Waals surface area (Å²) in [4.78, 5) is 11.7. The van der Waals surface area contributed by atoms with Gasteiger partial charge in [-0.05, 0) is 19.3 Å². The Morgan fingerprint density at radius 1 is 0.842 bits per heavy atom. The molecule has 1 atom stereocenters. The Hall–Kier alpha value is -0.530. The summed E-state index contributed by atoms with van der Waals surface area (Å²) in [6.45, 7) is 6.51. The molecule has 0 N–H and O–H groups in total. The Labute approximate surface area is 120 Å². The van der Waals surface area contributed by atoms with Gasteiger partial charge in [-0.2, -0.15) is 0 Å². The first-order chi connectivity index (χ1) is 9.24. The van der Waals surface area contributed by atoms with E-state index in [1.54, 1.807) is 0 Å². The van der Waals surface area contributed by atoms with Crippen molar-refractivity contribution in [1.29, 1.82) is 0 Å². The molecule has 0 aromatic heterocycles. The van der Waals surface area contributed by atoms with Gasteiger partial charge in [0.15, 0.2) is 0 Å². The highest BCUT2D eigenvalue weighted by molar-refractivity contribution is 5.69. The third-order valence-electron chi connectivity index (χ3n) is 3.62. The summed E-state index contributed by atoms with van der Waals surface area (Å²) in [5.41, 5.74) is 0. The van der Waals surface area contributed by atoms with E-state index in [4.69, 9.17) is 4.74 Å². The van der Waals surface area contributed by atoms with Crippen molar-refractivity contribution in [1.82, 2.24) is 0 Å². The highest BCUT2D eigenvalue weighted by atomic mass is 16.5. The quantitative estimate of drug-likeness (QED) is 0.320. The summed E-state index contributed by atoms with van der Waals surface area (Å²) in [6, 6.07) is 0. The lowest BCUT2D eigenvalue weighted by atomic mass is 10.1. The third kappa shape index (κ3) is 12.3. The Morgan fingerprint density at radius 2 is 1.42 bits per heavy atom. The summed E-state index contributed by atoms with van der Waals surface area (Å²) >= 11 is 0. The predicted octanol–water partition coefficient (Wildman–Crippen LogP) is 5.64. The number of hydrogen-bond donors (Lipinski definition) is 0. The molecule has 0 amide bonds. The molecule has 0 aromatic carbocycles. The number of rotatable bonds is 13. The van der Waals surface area contributed by atoms with E-state index in [2.05, 4.69) is 20.8 Å². The van der Waals surface area contributed by atoms with Crippen molar-refractivity contribution in [3.8, 4) is 0 Å². The minimum atomic E-state index is 0.0107. The van der Waals surface area contributed by atoms with E-state index in [-0.39, 0.29) is 12.1 Å². The van der Waals surface area contributed by atoms with Crippen LogP contribution < -0.4 is 0 Å². The van der Waals surface area contributed by atoms with Gasteiger partial charge in [0.2, 0.25) is 0 Å². The standard InChI is InChI=1S/C17H34O2/c1-4-7-9-10-11-12-13-15-17(18)19-16(6-3)14-8-5-2/h16H,4-15H2,1-3H3. The minimum absolute atomic E-state index is 0.0107. The predicted molar refractivity (Wildman–Crippen MR) is 82.3 cm³/mol. The normalized spacial score (nSPS) is 12.4. The molecule has 2 heteroatoms. The Balaban J connectivity index is 3.46. The van der Waals surface area contributed by atoms with Crippen molar-refractivity contribution in [2.45, 2.75) is 104 Å². The van der Waals surface area contributed by atoms with E-state index in [9.17, 15) is 4.79 Å². The van der Waals surface area contributed by atoms with Gasteiger partial charge in [-0.1, -0.05) is 72.1 Å².